The zero-order chi connectivity index (χ0) is 64.5. The van der Waals surface area contributed by atoms with Crippen LogP contribution in [-0.4, -0.2) is 130 Å². The maximum atomic E-state index is 14.1. The Morgan fingerprint density at radius 2 is 0.900 bits per heavy atom. The fourth-order valence-corrected chi connectivity index (χ4v) is 15.7. The van der Waals surface area contributed by atoms with E-state index in [1.54, 1.807) is 41.5 Å². The molecule has 0 aromatic heterocycles. The number of carbonyl (C=O) groups excluding carboxylic acids is 3. The molecule has 0 saturated carbocycles. The van der Waals surface area contributed by atoms with Gasteiger partial charge in [-0.2, -0.15) is 0 Å². The van der Waals surface area contributed by atoms with Gasteiger partial charge in [-0.3, -0.25) is 14.9 Å². The number of nitrogens with zero attached hydrogens (tertiary/aromatic N) is 1. The second kappa shape index (κ2) is 31.7. The number of esters is 1. The molecule has 0 bridgehead atoms. The lowest BCUT2D eigenvalue weighted by atomic mass is 9.95. The Bertz CT molecular complexity index is 3130. The van der Waals surface area contributed by atoms with Crippen LogP contribution in [0.3, 0.4) is 0 Å². The van der Waals surface area contributed by atoms with Gasteiger partial charge in [0.2, 0.25) is 12.2 Å². The van der Waals surface area contributed by atoms with E-state index in [1.807, 2.05) is 158 Å². The zero-order valence-corrected chi connectivity index (χ0v) is 54.1. The van der Waals surface area contributed by atoms with Gasteiger partial charge in [0.25, 0.3) is 14.4 Å². The second-order valence-electron chi connectivity index (χ2n) is 25.5. The highest BCUT2D eigenvalue weighted by Crippen LogP contribution is 2.39. The molecular weight excluding hydrogens is 1170 g/mol. The van der Waals surface area contributed by atoms with Gasteiger partial charge in [-0.1, -0.05) is 203 Å². The van der Waals surface area contributed by atoms with Crippen LogP contribution in [0.2, 0.25) is 5.04 Å². The van der Waals surface area contributed by atoms with Gasteiger partial charge in [0.05, 0.1) is 46.2 Å². The molecule has 0 aliphatic carbocycles. The van der Waals surface area contributed by atoms with Gasteiger partial charge in [0.1, 0.15) is 47.8 Å². The molecule has 482 valence electrons. The summed E-state index contributed by atoms with van der Waals surface area (Å²) in [5.74, 6) is -1.33. The normalized spacial score (nSPS) is 22.6. The third-order valence-electron chi connectivity index (χ3n) is 15.1. The minimum Gasteiger partial charge on any atom is -0.458 e. The number of ether oxygens (including phenoxy) is 10. The summed E-state index contributed by atoms with van der Waals surface area (Å²) in [6.07, 6.45) is -11.0. The van der Waals surface area contributed by atoms with Crippen LogP contribution in [-0.2, 0) is 87.8 Å². The molecule has 0 spiro atoms. The molecular formula is C70H87N3O16Si. The predicted octanol–water partition coefficient (Wildman–Crippen LogP) is 9.77. The van der Waals surface area contributed by atoms with Gasteiger partial charge in [-0.25, -0.2) is 9.59 Å². The lowest BCUT2D eigenvalue weighted by Crippen LogP contribution is -2.69. The molecule has 2 saturated heterocycles. The number of alkyl carbamates (subject to hydrolysis) is 1. The summed E-state index contributed by atoms with van der Waals surface area (Å²) in [5, 5.41) is 21.2. The third kappa shape index (κ3) is 19.2. The number of rotatable bonds is 27. The smallest absolute Gasteiger partial charge is 0.408 e. The topological polar surface area (TPSA) is 220 Å². The molecule has 6 aromatic carbocycles. The monoisotopic (exact) mass is 1250 g/mol. The van der Waals surface area contributed by atoms with Crippen LogP contribution in [0.4, 0.5) is 4.79 Å². The molecule has 8 rings (SSSR count). The van der Waals surface area contributed by atoms with Crippen molar-refractivity contribution in [1.29, 1.82) is 0 Å². The molecule has 19 nitrogen and oxygen atoms in total. The lowest BCUT2D eigenvalue weighted by Gasteiger charge is -2.48. The molecule has 90 heavy (non-hydrogen) atoms. The Kier molecular flexibility index (Phi) is 24.2. The van der Waals surface area contributed by atoms with E-state index >= 15 is 0 Å². The van der Waals surface area contributed by atoms with Gasteiger partial charge < -0.3 is 62.4 Å². The molecule has 0 radical (unpaired) electrons. The first-order valence-corrected chi connectivity index (χ1v) is 32.4. The predicted molar refractivity (Wildman–Crippen MR) is 340 cm³/mol. The van der Waals surface area contributed by atoms with E-state index in [2.05, 4.69) is 55.7 Å². The van der Waals surface area contributed by atoms with Crippen LogP contribution in [0.5, 0.6) is 0 Å². The van der Waals surface area contributed by atoms with Crippen molar-refractivity contribution in [2.24, 2.45) is 0 Å². The first-order chi connectivity index (χ1) is 43.0. The Balaban J connectivity index is 1.22. The van der Waals surface area contributed by atoms with E-state index in [-0.39, 0.29) is 33.0 Å². The summed E-state index contributed by atoms with van der Waals surface area (Å²) in [6, 6.07) is 53.5. The lowest BCUT2D eigenvalue weighted by molar-refractivity contribution is -0.577. The van der Waals surface area contributed by atoms with E-state index in [9.17, 15) is 24.5 Å². The number of benzene rings is 6. The third-order valence-corrected chi connectivity index (χ3v) is 20.1. The SMILES string of the molecule is CC(=O)N[C@H]1[C@@H](OC[C@H](NC(=O)OC(C)(C)C)C(=O)OC(C)(C)C)O[C@H](CO[C@H]2O[C@H](CO[Si](c3ccccc3)(c3ccccc3)C(C)(C)C)[C@H](OCc3ccccc3)[C@H](OCc3ccccc3)[C@H]2[N+](=O)[O-])[C@H](OCc2ccccc2)[C@@H]1OCc1ccccc1. The summed E-state index contributed by atoms with van der Waals surface area (Å²) in [4.78, 5) is 54.4. The van der Waals surface area contributed by atoms with Crippen molar-refractivity contribution in [3.05, 3.63) is 214 Å². The molecule has 2 aliphatic heterocycles. The average Bonchev–Trinajstić information content (AvgIpc) is 0.762. The molecule has 11 atom stereocenters. The van der Waals surface area contributed by atoms with Crippen molar-refractivity contribution in [3.63, 3.8) is 0 Å². The van der Waals surface area contributed by atoms with Crippen LogP contribution in [0.1, 0.15) is 91.5 Å². The molecule has 20 heteroatoms. The first-order valence-electron chi connectivity index (χ1n) is 30.5. The van der Waals surface area contributed by atoms with Crippen molar-refractivity contribution >= 4 is 36.7 Å². The van der Waals surface area contributed by atoms with Crippen molar-refractivity contribution in [3.8, 4) is 0 Å². The summed E-state index contributed by atoms with van der Waals surface area (Å²) in [6.45, 7) is 16.8. The molecule has 2 amide bonds. The van der Waals surface area contributed by atoms with Crippen molar-refractivity contribution in [2.45, 2.75) is 179 Å². The van der Waals surface area contributed by atoms with Crippen molar-refractivity contribution in [1.82, 2.24) is 10.6 Å². The van der Waals surface area contributed by atoms with Gasteiger partial charge in [0.15, 0.2) is 18.4 Å². The van der Waals surface area contributed by atoms with Crippen molar-refractivity contribution < 1.29 is 71.1 Å². The fourth-order valence-electron chi connectivity index (χ4n) is 11.2. The van der Waals surface area contributed by atoms with Crippen LogP contribution < -0.4 is 21.0 Å². The summed E-state index contributed by atoms with van der Waals surface area (Å²) in [7, 11) is -3.32. The Morgan fingerprint density at radius 3 is 1.31 bits per heavy atom. The number of hydrogen-bond acceptors (Lipinski definition) is 16. The molecule has 6 aromatic rings. The van der Waals surface area contributed by atoms with E-state index in [0.717, 1.165) is 32.6 Å². The molecule has 2 aliphatic rings. The van der Waals surface area contributed by atoms with E-state index in [0.29, 0.717) is 0 Å². The standard InChI is InChI=1S/C70H87N3O16Si/c1-48(74)71-58-62(81-43-51-33-21-13-22-34-51)60(79-41-49-29-17-11-18-30-49)56(86-65(58)83-45-55(64(75)88-68(2,3)4)72-67(76)89-69(5,6)7)46-84-66-59(73(77)78)63(82-44-52-35-23-14-24-36-52)61(80-42-50-31-19-12-20-32-50)57(87-66)47-85-90(70(8,9)10,53-37-25-15-26-38-53)54-39-27-16-28-40-54/h11-40,55-63,65-66H,41-47H2,1-10H3,(H,71,74)(H,72,76)/t55-,56+,57+,58+,59+,60-,61-,62+,63+,65-,66-/m0/s1. The van der Waals surface area contributed by atoms with Gasteiger partial charge in [0, 0.05) is 11.8 Å². The number of nitrogens with one attached hydrogen (secondary N) is 2. The van der Waals surface area contributed by atoms with Crippen molar-refractivity contribution in [2.75, 3.05) is 19.8 Å². The quantitative estimate of drug-likeness (QED) is 0.0212. The van der Waals surface area contributed by atoms with Crippen LogP contribution >= 0.6 is 0 Å². The highest BCUT2D eigenvalue weighted by Gasteiger charge is 2.58. The van der Waals surface area contributed by atoms with Crippen LogP contribution in [0, 0.1) is 10.1 Å². The Labute approximate surface area is 529 Å². The highest BCUT2D eigenvalue weighted by atomic mass is 28.4. The number of carbonyl (C=O) groups is 3. The molecule has 2 heterocycles. The summed E-state index contributed by atoms with van der Waals surface area (Å²) < 4.78 is 73.7. The van der Waals surface area contributed by atoms with E-state index in [1.165, 1.54) is 6.92 Å². The Morgan fingerprint density at radius 1 is 0.511 bits per heavy atom. The molecule has 2 N–H and O–H groups in total. The average molecular weight is 1250 g/mol. The fraction of sp³-hybridized carbons (Fsp3) is 0.443. The number of amides is 2. The van der Waals surface area contributed by atoms with E-state index in [4.69, 9.17) is 51.8 Å². The first kappa shape index (κ1) is 68.7. The van der Waals surface area contributed by atoms with Gasteiger partial charge in [-0.05, 0) is 79.2 Å². The highest BCUT2D eigenvalue weighted by molar-refractivity contribution is 6.99. The minimum absolute atomic E-state index is 0.0147. The molecule has 0 unspecified atom stereocenters. The van der Waals surface area contributed by atoms with Gasteiger partial charge in [-0.15, -0.1) is 0 Å². The molecule has 2 fully saturated rings. The Hall–Kier alpha value is -7.21. The largest absolute Gasteiger partial charge is 0.458 e. The maximum absolute atomic E-state index is 14.1. The minimum atomic E-state index is -3.32. The summed E-state index contributed by atoms with van der Waals surface area (Å²) >= 11 is 0. The van der Waals surface area contributed by atoms with E-state index < -0.39 is 128 Å². The zero-order valence-electron chi connectivity index (χ0n) is 53.1. The van der Waals surface area contributed by atoms with Crippen LogP contribution in [0.15, 0.2) is 182 Å². The summed E-state index contributed by atoms with van der Waals surface area (Å²) in [5.41, 5.74) is 1.22. The number of hydrogen-bond donors (Lipinski definition) is 2. The van der Waals surface area contributed by atoms with Crippen LogP contribution in [0.25, 0.3) is 0 Å². The second-order valence-corrected chi connectivity index (χ2v) is 29.8. The number of nitro groups is 1. The maximum Gasteiger partial charge on any atom is 0.408 e. The van der Waals surface area contributed by atoms with Gasteiger partial charge >= 0.3 is 12.1 Å².